The number of halogens is 1. The fraction of sp³-hybridized carbons (Fsp3) is 0.375. The molecule has 1 aromatic carbocycles. The molecular weight excluding hydrogens is 239 g/mol. The minimum absolute atomic E-state index is 0.189. The molecule has 1 aromatic rings. The molecule has 0 amide bonds. The zero-order chi connectivity index (χ0) is 13.7. The van der Waals surface area contributed by atoms with E-state index in [0.29, 0.717) is 11.5 Å². The van der Waals surface area contributed by atoms with Gasteiger partial charge in [-0.1, -0.05) is 12.1 Å². The van der Waals surface area contributed by atoms with Gasteiger partial charge in [0.2, 0.25) is 0 Å². The molecule has 3 heteroatoms. The van der Waals surface area contributed by atoms with Crippen LogP contribution >= 0.6 is 0 Å². The van der Waals surface area contributed by atoms with Gasteiger partial charge in [0, 0.05) is 0 Å². The summed E-state index contributed by atoms with van der Waals surface area (Å²) < 4.78 is 12.9. The third-order valence-corrected chi connectivity index (χ3v) is 3.77. The maximum atomic E-state index is 12.9. The van der Waals surface area contributed by atoms with Gasteiger partial charge in [-0.15, -0.1) is 0 Å². The Hall–Kier alpha value is -2.13. The number of nitriles is 2. The van der Waals surface area contributed by atoms with E-state index < -0.39 is 5.83 Å². The number of hydrogen-bond donors (Lipinski definition) is 0. The van der Waals surface area contributed by atoms with E-state index in [4.69, 9.17) is 10.5 Å². The SMILES string of the molecule is N#CC(F)=C[C@H]1CC[C@H](c2ccc(C#N)cc2)CC1. The summed E-state index contributed by atoms with van der Waals surface area (Å²) in [6.07, 6.45) is 5.30. The van der Waals surface area contributed by atoms with Gasteiger partial charge in [-0.2, -0.15) is 14.9 Å². The number of benzene rings is 1. The molecule has 1 aliphatic rings. The van der Waals surface area contributed by atoms with Crippen molar-refractivity contribution < 1.29 is 4.39 Å². The zero-order valence-corrected chi connectivity index (χ0v) is 10.6. The largest absolute Gasteiger partial charge is 0.196 e. The molecule has 0 aliphatic heterocycles. The van der Waals surface area contributed by atoms with E-state index in [1.807, 2.05) is 24.3 Å². The maximum absolute atomic E-state index is 12.9. The van der Waals surface area contributed by atoms with Gasteiger partial charge in [0.1, 0.15) is 6.07 Å². The molecule has 0 saturated heterocycles. The minimum Gasteiger partial charge on any atom is -0.195 e. The molecule has 2 nitrogen and oxygen atoms in total. The van der Waals surface area contributed by atoms with Crippen molar-refractivity contribution in [2.75, 3.05) is 0 Å². The lowest BCUT2D eigenvalue weighted by atomic mass is 9.78. The van der Waals surface area contributed by atoms with Gasteiger partial charge < -0.3 is 0 Å². The number of allylic oxidation sites excluding steroid dienone is 2. The summed E-state index contributed by atoms with van der Waals surface area (Å²) >= 11 is 0. The molecule has 1 fully saturated rings. The van der Waals surface area contributed by atoms with Crippen LogP contribution in [0.4, 0.5) is 4.39 Å². The lowest BCUT2D eigenvalue weighted by Crippen LogP contribution is -2.12. The lowest BCUT2D eigenvalue weighted by molar-refractivity contribution is 0.372. The second-order valence-corrected chi connectivity index (χ2v) is 4.97. The normalized spacial score (nSPS) is 23.4. The highest BCUT2D eigenvalue weighted by Gasteiger charge is 2.21. The van der Waals surface area contributed by atoms with Gasteiger partial charge in [0.05, 0.1) is 11.6 Å². The molecule has 1 aliphatic carbocycles. The Morgan fingerprint density at radius 1 is 1.11 bits per heavy atom. The highest BCUT2D eigenvalue weighted by Crippen LogP contribution is 2.36. The fourth-order valence-corrected chi connectivity index (χ4v) is 2.69. The standard InChI is InChI=1S/C16H15FN2/c17-16(11-19)9-12-1-5-14(6-2-12)15-7-3-13(10-18)4-8-15/h3-4,7-9,12,14H,1-2,5-6H2/t12-,14-. The van der Waals surface area contributed by atoms with Crippen LogP contribution in [0.5, 0.6) is 0 Å². The summed E-state index contributed by atoms with van der Waals surface area (Å²) in [5.74, 6) is 0.0126. The molecule has 96 valence electrons. The van der Waals surface area contributed by atoms with E-state index in [1.54, 1.807) is 0 Å². The first-order chi connectivity index (χ1) is 9.22. The van der Waals surface area contributed by atoms with Gasteiger partial charge in [0.25, 0.3) is 0 Å². The predicted molar refractivity (Wildman–Crippen MR) is 70.7 cm³/mol. The zero-order valence-electron chi connectivity index (χ0n) is 10.6. The van der Waals surface area contributed by atoms with E-state index in [1.165, 1.54) is 17.7 Å². The third-order valence-electron chi connectivity index (χ3n) is 3.77. The van der Waals surface area contributed by atoms with Gasteiger partial charge in [-0.25, -0.2) is 0 Å². The Bertz CT molecular complexity index is 538. The van der Waals surface area contributed by atoms with E-state index in [2.05, 4.69) is 6.07 Å². The number of hydrogen-bond acceptors (Lipinski definition) is 2. The first kappa shape index (κ1) is 13.3. The van der Waals surface area contributed by atoms with Crippen LogP contribution in [0.25, 0.3) is 0 Å². The summed E-state index contributed by atoms with van der Waals surface area (Å²) in [4.78, 5) is 0. The van der Waals surface area contributed by atoms with Gasteiger partial charge >= 0.3 is 0 Å². The monoisotopic (exact) mass is 254 g/mol. The quantitative estimate of drug-likeness (QED) is 0.742. The Morgan fingerprint density at radius 3 is 2.26 bits per heavy atom. The first-order valence-corrected chi connectivity index (χ1v) is 6.50. The molecule has 0 spiro atoms. The van der Waals surface area contributed by atoms with Crippen molar-refractivity contribution in [3.63, 3.8) is 0 Å². The molecule has 0 aromatic heterocycles. The second-order valence-electron chi connectivity index (χ2n) is 4.97. The van der Waals surface area contributed by atoms with Crippen molar-refractivity contribution in [2.24, 2.45) is 5.92 Å². The van der Waals surface area contributed by atoms with Crippen LogP contribution in [0.15, 0.2) is 36.2 Å². The van der Waals surface area contributed by atoms with Crippen LogP contribution in [-0.2, 0) is 0 Å². The fourth-order valence-electron chi connectivity index (χ4n) is 2.69. The van der Waals surface area contributed by atoms with Crippen molar-refractivity contribution in [2.45, 2.75) is 31.6 Å². The molecule has 1 saturated carbocycles. The molecule has 0 N–H and O–H groups in total. The Balaban J connectivity index is 1.96. The summed E-state index contributed by atoms with van der Waals surface area (Å²) in [6.45, 7) is 0. The lowest BCUT2D eigenvalue weighted by Gasteiger charge is -2.26. The van der Waals surface area contributed by atoms with Crippen LogP contribution in [0.3, 0.4) is 0 Å². The molecular formula is C16H15FN2. The summed E-state index contributed by atoms with van der Waals surface area (Å²) in [6, 6.07) is 11.3. The predicted octanol–water partition coefficient (Wildman–Crippen LogP) is 4.21. The van der Waals surface area contributed by atoms with Crippen molar-refractivity contribution in [1.82, 2.24) is 0 Å². The molecule has 0 heterocycles. The Labute approximate surface area is 112 Å². The van der Waals surface area contributed by atoms with Crippen LogP contribution in [0.2, 0.25) is 0 Å². The molecule has 0 atom stereocenters. The van der Waals surface area contributed by atoms with Gasteiger partial charge in [0.15, 0.2) is 5.83 Å². The van der Waals surface area contributed by atoms with Crippen molar-refractivity contribution >= 4 is 0 Å². The number of rotatable bonds is 2. The highest BCUT2D eigenvalue weighted by molar-refractivity contribution is 5.33. The van der Waals surface area contributed by atoms with Crippen LogP contribution in [0, 0.1) is 28.6 Å². The van der Waals surface area contributed by atoms with Crippen LogP contribution in [0.1, 0.15) is 42.7 Å². The average Bonchev–Trinajstić information content (AvgIpc) is 2.48. The van der Waals surface area contributed by atoms with Crippen molar-refractivity contribution in [1.29, 1.82) is 10.5 Å². The molecule has 0 radical (unpaired) electrons. The second kappa shape index (κ2) is 6.16. The molecule has 19 heavy (non-hydrogen) atoms. The van der Waals surface area contributed by atoms with Crippen LogP contribution in [-0.4, -0.2) is 0 Å². The van der Waals surface area contributed by atoms with E-state index in [9.17, 15) is 4.39 Å². The topological polar surface area (TPSA) is 47.6 Å². The third kappa shape index (κ3) is 3.42. The first-order valence-electron chi connectivity index (χ1n) is 6.50. The smallest absolute Gasteiger partial charge is 0.195 e. The average molecular weight is 254 g/mol. The number of nitrogens with zero attached hydrogens (tertiary/aromatic N) is 2. The van der Waals surface area contributed by atoms with E-state index in [-0.39, 0.29) is 5.92 Å². The Kier molecular flexibility index (Phi) is 4.31. The van der Waals surface area contributed by atoms with Crippen molar-refractivity contribution in [3.05, 3.63) is 47.3 Å². The van der Waals surface area contributed by atoms with E-state index in [0.717, 1.165) is 25.7 Å². The Morgan fingerprint density at radius 2 is 1.74 bits per heavy atom. The summed E-state index contributed by atoms with van der Waals surface area (Å²) in [5, 5.41) is 17.2. The highest BCUT2D eigenvalue weighted by atomic mass is 19.1. The summed E-state index contributed by atoms with van der Waals surface area (Å²) in [5.41, 5.74) is 1.93. The molecule has 2 rings (SSSR count). The maximum Gasteiger partial charge on any atom is 0.196 e. The minimum atomic E-state index is -0.665. The molecule has 0 bridgehead atoms. The van der Waals surface area contributed by atoms with Gasteiger partial charge in [-0.3, -0.25) is 0 Å². The summed E-state index contributed by atoms with van der Waals surface area (Å²) in [7, 11) is 0. The molecule has 0 unspecified atom stereocenters. The van der Waals surface area contributed by atoms with Crippen LogP contribution < -0.4 is 0 Å². The van der Waals surface area contributed by atoms with E-state index >= 15 is 0 Å². The van der Waals surface area contributed by atoms with Crippen molar-refractivity contribution in [3.8, 4) is 12.1 Å². The van der Waals surface area contributed by atoms with Gasteiger partial charge in [-0.05, 0) is 61.3 Å².